The Morgan fingerprint density at radius 2 is 1.33 bits per heavy atom. The van der Waals surface area contributed by atoms with Crippen LogP contribution in [0, 0.1) is 0 Å². The van der Waals surface area contributed by atoms with E-state index in [2.05, 4.69) is 35.8 Å². The van der Waals surface area contributed by atoms with Crippen molar-refractivity contribution in [3.8, 4) is 11.8 Å². The summed E-state index contributed by atoms with van der Waals surface area (Å²) in [4.78, 5) is 32.4. The van der Waals surface area contributed by atoms with E-state index in [4.69, 9.17) is 11.6 Å². The van der Waals surface area contributed by atoms with Crippen molar-refractivity contribution in [3.05, 3.63) is 76.8 Å². The number of carbonyl (C=O) groups is 2. The molecule has 0 radical (unpaired) electrons. The van der Waals surface area contributed by atoms with Gasteiger partial charge in [0.05, 0.1) is 27.4 Å². The molecule has 22 heteroatoms. The fraction of sp³-hybridized carbons (Fsp3) is 0. The number of nitrogens with one attached hydrogen (secondary N) is 2. The van der Waals surface area contributed by atoms with Crippen LogP contribution < -0.4 is 10.6 Å². The van der Waals surface area contributed by atoms with Gasteiger partial charge in [-0.2, -0.15) is 36.9 Å². The lowest BCUT2D eigenvalue weighted by Crippen LogP contribution is -2.07. The average molecular weight is 732 g/mol. The van der Waals surface area contributed by atoms with Gasteiger partial charge in [-0.15, -0.1) is 5.11 Å². The summed E-state index contributed by atoms with van der Waals surface area (Å²) in [5.74, 6) is -4.93. The van der Waals surface area contributed by atoms with Crippen LogP contribution in [0.15, 0.2) is 80.7 Å². The molecule has 8 N–H and O–H groups in total. The number of aromatic carboxylic acids is 2. The molecule has 0 saturated carbocycles. The van der Waals surface area contributed by atoms with E-state index in [1.807, 2.05) is 0 Å². The second-order valence-electron chi connectivity index (χ2n) is 9.71. The molecule has 0 aliphatic rings. The zero-order valence-corrected chi connectivity index (χ0v) is 26.2. The largest absolute Gasteiger partial charge is 0.505 e. The Bertz CT molecular complexity index is 2410. The van der Waals surface area contributed by atoms with Crippen molar-refractivity contribution in [1.29, 1.82) is 0 Å². The first kappa shape index (κ1) is 34.3. The van der Waals surface area contributed by atoms with Crippen molar-refractivity contribution in [2.24, 2.45) is 10.2 Å². The number of rotatable bonds is 10. The molecule has 1 aromatic heterocycles. The Balaban J connectivity index is 1.67. The first-order valence-corrected chi connectivity index (χ1v) is 16.2. The molecule has 1 heterocycles. The summed E-state index contributed by atoms with van der Waals surface area (Å²) < 4.78 is 68.6. The zero-order chi connectivity index (χ0) is 35.8. The predicted molar refractivity (Wildman–Crippen MR) is 169 cm³/mol. The van der Waals surface area contributed by atoms with Crippen molar-refractivity contribution in [1.82, 2.24) is 15.0 Å². The van der Waals surface area contributed by atoms with Crippen LogP contribution in [0.5, 0.6) is 11.8 Å². The molecule has 5 rings (SSSR count). The highest BCUT2D eigenvalue weighted by Crippen LogP contribution is 2.45. The van der Waals surface area contributed by atoms with Crippen molar-refractivity contribution in [3.63, 3.8) is 0 Å². The van der Waals surface area contributed by atoms with Crippen LogP contribution in [0.4, 0.5) is 34.6 Å². The minimum atomic E-state index is -5.15. The lowest BCUT2D eigenvalue weighted by Gasteiger charge is -2.15. The Hall–Kier alpha value is -6.00. The van der Waals surface area contributed by atoms with Crippen LogP contribution in [0.1, 0.15) is 20.7 Å². The number of hydrogen-bond acceptors (Lipinski definition) is 15. The zero-order valence-electron chi connectivity index (χ0n) is 23.8. The first-order valence-electron chi connectivity index (χ1n) is 13.0. The Kier molecular flexibility index (Phi) is 9.04. The number of phenols is 1. The molecular weight excluding hydrogens is 714 g/mol. The van der Waals surface area contributed by atoms with Crippen LogP contribution >= 0.6 is 11.6 Å². The summed E-state index contributed by atoms with van der Waals surface area (Å²) in [6.45, 7) is 0. The van der Waals surface area contributed by atoms with Gasteiger partial charge in [0.25, 0.3) is 20.2 Å². The molecule has 0 unspecified atom stereocenters. The smallest absolute Gasteiger partial charge is 0.335 e. The summed E-state index contributed by atoms with van der Waals surface area (Å²) in [6.07, 6.45) is 0. The standard InChI is InChI=1S/C27H18ClN7O12S2/c28-14-1-3-15(4-2-14)34-35-21-19(49(45,46)47)9-11-8-17(48(42,43)44)10-18(20(11)22(21)36)30-26-31-25(32-27(41)33-26)29-16-6-12(23(37)38)5-13(7-16)24(39)40/h1-10,36H,(H,37,38)(H,39,40)(H,42,43,44)(H,45,46,47)(H3,29,30,31,32,33,41). The number of benzene rings is 4. The summed E-state index contributed by atoms with van der Waals surface area (Å²) in [7, 11) is -10.2. The second-order valence-corrected chi connectivity index (χ2v) is 13.0. The monoisotopic (exact) mass is 731 g/mol. The molecule has 0 aliphatic carbocycles. The van der Waals surface area contributed by atoms with Crippen LogP contribution in [-0.2, 0) is 20.2 Å². The van der Waals surface area contributed by atoms with Crippen molar-refractivity contribution in [2.75, 3.05) is 10.6 Å². The molecule has 49 heavy (non-hydrogen) atoms. The maximum atomic E-state index is 12.3. The van der Waals surface area contributed by atoms with Gasteiger partial charge in [0.1, 0.15) is 10.6 Å². The summed E-state index contributed by atoms with van der Waals surface area (Å²) in [5, 5.41) is 52.5. The van der Waals surface area contributed by atoms with E-state index >= 15 is 0 Å². The van der Waals surface area contributed by atoms with E-state index in [1.54, 1.807) is 0 Å². The van der Waals surface area contributed by atoms with Gasteiger partial charge in [0.2, 0.25) is 11.9 Å². The van der Waals surface area contributed by atoms with E-state index in [0.717, 1.165) is 36.4 Å². The minimum Gasteiger partial charge on any atom is -0.505 e. The van der Waals surface area contributed by atoms with Crippen LogP contribution in [0.2, 0.25) is 5.02 Å². The molecule has 0 aliphatic heterocycles. The first-order chi connectivity index (χ1) is 22.9. The van der Waals surface area contributed by atoms with Gasteiger partial charge in [-0.3, -0.25) is 9.11 Å². The van der Waals surface area contributed by atoms with Crippen molar-refractivity contribution in [2.45, 2.75) is 9.79 Å². The number of fused-ring (bicyclic) bond motifs is 1. The molecule has 4 aromatic carbocycles. The highest BCUT2D eigenvalue weighted by atomic mass is 35.5. The van der Waals surface area contributed by atoms with Gasteiger partial charge in [0.15, 0.2) is 5.75 Å². The fourth-order valence-corrected chi connectivity index (χ4v) is 5.62. The van der Waals surface area contributed by atoms with Gasteiger partial charge in [-0.1, -0.05) is 11.6 Å². The Morgan fingerprint density at radius 3 is 1.88 bits per heavy atom. The van der Waals surface area contributed by atoms with Crippen LogP contribution in [0.25, 0.3) is 10.8 Å². The molecular formula is C27H18ClN7O12S2. The highest BCUT2D eigenvalue weighted by Gasteiger charge is 2.26. The number of azo groups is 1. The number of halogens is 1. The summed E-state index contributed by atoms with van der Waals surface area (Å²) >= 11 is 5.86. The third-order valence-corrected chi connectivity index (χ3v) is 8.29. The maximum absolute atomic E-state index is 12.3. The summed E-state index contributed by atoms with van der Waals surface area (Å²) in [6, 6.07) is 10.0. The number of carboxylic acids is 2. The molecule has 0 amide bonds. The van der Waals surface area contributed by atoms with E-state index in [1.165, 1.54) is 24.3 Å². The number of aromatic hydroxyl groups is 2. The number of anilines is 4. The van der Waals surface area contributed by atoms with Crippen LogP contribution in [-0.4, -0.2) is 73.3 Å². The number of aromatic nitrogens is 3. The average Bonchev–Trinajstić information content (AvgIpc) is 2.99. The lowest BCUT2D eigenvalue weighted by atomic mass is 10.1. The van der Waals surface area contributed by atoms with E-state index in [-0.39, 0.29) is 22.1 Å². The molecule has 0 atom stereocenters. The van der Waals surface area contributed by atoms with E-state index in [0.29, 0.717) is 5.02 Å². The van der Waals surface area contributed by atoms with E-state index in [9.17, 15) is 56.0 Å². The predicted octanol–water partition coefficient (Wildman–Crippen LogP) is 4.88. The molecule has 0 saturated heterocycles. The van der Waals surface area contributed by atoms with Gasteiger partial charge in [-0.25, -0.2) is 9.59 Å². The van der Waals surface area contributed by atoms with Gasteiger partial charge in [-0.05, 0) is 66.0 Å². The minimum absolute atomic E-state index is 0.140. The molecule has 252 valence electrons. The lowest BCUT2D eigenvalue weighted by molar-refractivity contribution is 0.0696. The third kappa shape index (κ3) is 7.77. The Morgan fingerprint density at radius 1 is 0.735 bits per heavy atom. The van der Waals surface area contributed by atoms with Gasteiger partial charge < -0.3 is 31.1 Å². The molecule has 5 aromatic rings. The SMILES string of the molecule is O=C(O)c1cc(Nc2nc(O)nc(Nc3cc(S(=O)(=O)O)cc4cc(S(=O)(=O)O)c(N=Nc5ccc(Cl)cc5)c(O)c34)n2)cc(C(=O)O)c1. The molecule has 0 spiro atoms. The van der Waals surface area contributed by atoms with Crippen LogP contribution in [0.3, 0.4) is 0 Å². The molecule has 0 fully saturated rings. The second kappa shape index (κ2) is 12.9. The fourth-order valence-electron chi connectivity index (χ4n) is 4.29. The number of phenolic OH excluding ortho intramolecular Hbond substituents is 1. The number of nitrogens with zero attached hydrogens (tertiary/aromatic N) is 5. The normalized spacial score (nSPS) is 11.9. The number of carboxylic acid groups (broad SMARTS) is 2. The van der Waals surface area contributed by atoms with Crippen molar-refractivity contribution >= 4 is 89.2 Å². The molecule has 19 nitrogen and oxygen atoms in total. The highest BCUT2D eigenvalue weighted by molar-refractivity contribution is 7.86. The summed E-state index contributed by atoms with van der Waals surface area (Å²) in [5.41, 5.74) is -2.05. The third-order valence-electron chi connectivity index (χ3n) is 6.34. The molecule has 0 bridgehead atoms. The van der Waals surface area contributed by atoms with Crippen molar-refractivity contribution < 1.29 is 56.0 Å². The van der Waals surface area contributed by atoms with Gasteiger partial charge >= 0.3 is 17.9 Å². The van der Waals surface area contributed by atoms with E-state index < -0.39 is 88.1 Å². The number of hydrogen-bond donors (Lipinski definition) is 8. The topological polar surface area (TPSA) is 311 Å². The van der Waals surface area contributed by atoms with Gasteiger partial charge in [0, 0.05) is 16.1 Å². The quantitative estimate of drug-likeness (QED) is 0.0700. The Labute approximate surface area is 278 Å². The maximum Gasteiger partial charge on any atom is 0.335 e.